The maximum atomic E-state index is 11.1. The molecule has 0 aliphatic rings. The van der Waals surface area contributed by atoms with E-state index in [0.717, 1.165) is 12.1 Å². The van der Waals surface area contributed by atoms with E-state index in [-0.39, 0.29) is 22.5 Å². The maximum absolute atomic E-state index is 11.1. The molecule has 0 bridgehead atoms. The Bertz CT molecular complexity index is 971. The summed E-state index contributed by atoms with van der Waals surface area (Å²) in [5, 5.41) is 43.5. The molecule has 10 nitrogen and oxygen atoms in total. The molecule has 2 aromatic carbocycles. The summed E-state index contributed by atoms with van der Waals surface area (Å²) in [6, 6.07) is 11.2. The lowest BCUT2D eigenvalue weighted by molar-refractivity contribution is -0.384. The number of nitrogens with one attached hydrogen (secondary N) is 1. The maximum Gasteiger partial charge on any atom is 0.295 e. The summed E-state index contributed by atoms with van der Waals surface area (Å²) in [5.41, 5.74) is 2.02. The molecular formula is C15H8N6O4. The Morgan fingerprint density at radius 1 is 1.04 bits per heavy atom. The topological polar surface area (TPSA) is 158 Å². The predicted molar refractivity (Wildman–Crippen MR) is 86.8 cm³/mol. The van der Waals surface area contributed by atoms with Crippen LogP contribution in [0.15, 0.2) is 41.5 Å². The third-order valence-electron chi connectivity index (χ3n) is 3.05. The van der Waals surface area contributed by atoms with Gasteiger partial charge in [0.25, 0.3) is 11.4 Å². The van der Waals surface area contributed by atoms with Crippen LogP contribution in [-0.4, -0.2) is 16.1 Å². The molecular weight excluding hydrogens is 328 g/mol. The van der Waals surface area contributed by atoms with Crippen LogP contribution in [-0.2, 0) is 0 Å². The SMILES string of the molecule is N#Cc1cc(NN=Cc2cccc([N+](=O)[O-])c2)c([N+](=O)[O-])cc1C#N. The molecule has 122 valence electrons. The number of rotatable bonds is 5. The van der Waals surface area contributed by atoms with Gasteiger partial charge in [-0.2, -0.15) is 15.6 Å². The number of benzene rings is 2. The van der Waals surface area contributed by atoms with Gasteiger partial charge >= 0.3 is 0 Å². The van der Waals surface area contributed by atoms with Crippen molar-refractivity contribution in [2.24, 2.45) is 5.10 Å². The highest BCUT2D eigenvalue weighted by molar-refractivity contribution is 5.81. The van der Waals surface area contributed by atoms with E-state index in [9.17, 15) is 20.2 Å². The molecule has 10 heteroatoms. The second-order valence-electron chi connectivity index (χ2n) is 4.62. The van der Waals surface area contributed by atoms with E-state index < -0.39 is 15.5 Å². The number of hydrogen-bond donors (Lipinski definition) is 1. The predicted octanol–water partition coefficient (Wildman–Crippen LogP) is 2.69. The van der Waals surface area contributed by atoms with Gasteiger partial charge in [-0.05, 0) is 6.07 Å². The van der Waals surface area contributed by atoms with Crippen molar-refractivity contribution in [1.29, 1.82) is 10.5 Å². The summed E-state index contributed by atoms with van der Waals surface area (Å²) in [7, 11) is 0. The van der Waals surface area contributed by atoms with Crippen LogP contribution in [0.3, 0.4) is 0 Å². The number of hydrazone groups is 1. The van der Waals surface area contributed by atoms with Crippen molar-refractivity contribution in [3.05, 3.63) is 73.3 Å². The summed E-state index contributed by atoms with van der Waals surface area (Å²) in [6.07, 6.45) is 1.24. The molecule has 0 saturated heterocycles. The molecule has 2 aromatic rings. The smallest absolute Gasteiger partial charge is 0.272 e. The second-order valence-corrected chi connectivity index (χ2v) is 4.62. The number of nitro groups is 2. The van der Waals surface area contributed by atoms with Gasteiger partial charge < -0.3 is 0 Å². The molecule has 0 saturated carbocycles. The first-order chi connectivity index (χ1) is 12.0. The first-order valence-electron chi connectivity index (χ1n) is 6.62. The lowest BCUT2D eigenvalue weighted by Crippen LogP contribution is -1.99. The minimum Gasteiger partial charge on any atom is -0.272 e. The molecule has 25 heavy (non-hydrogen) atoms. The molecule has 0 spiro atoms. The lowest BCUT2D eigenvalue weighted by Gasteiger charge is -2.04. The molecule has 0 heterocycles. The third-order valence-corrected chi connectivity index (χ3v) is 3.05. The molecule has 1 N–H and O–H groups in total. The van der Waals surface area contributed by atoms with Gasteiger partial charge in [-0.25, -0.2) is 0 Å². The number of nitriles is 2. The molecule has 0 atom stereocenters. The van der Waals surface area contributed by atoms with E-state index in [1.54, 1.807) is 18.2 Å². The minimum atomic E-state index is -0.715. The molecule has 2 rings (SSSR count). The summed E-state index contributed by atoms with van der Waals surface area (Å²) < 4.78 is 0. The van der Waals surface area contributed by atoms with Crippen LogP contribution in [0.2, 0.25) is 0 Å². The first kappa shape index (κ1) is 17.1. The van der Waals surface area contributed by atoms with Crippen molar-refractivity contribution >= 4 is 23.3 Å². The zero-order chi connectivity index (χ0) is 18.4. The van der Waals surface area contributed by atoms with Gasteiger partial charge in [-0.3, -0.25) is 25.7 Å². The van der Waals surface area contributed by atoms with Crippen molar-refractivity contribution in [3.63, 3.8) is 0 Å². The minimum absolute atomic E-state index is 0.0406. The van der Waals surface area contributed by atoms with Crippen molar-refractivity contribution < 1.29 is 9.85 Å². The highest BCUT2D eigenvalue weighted by Crippen LogP contribution is 2.28. The number of nitrogens with zero attached hydrogens (tertiary/aromatic N) is 5. The van der Waals surface area contributed by atoms with Crippen LogP contribution in [0.4, 0.5) is 17.1 Å². The van der Waals surface area contributed by atoms with E-state index in [1.807, 2.05) is 0 Å². The van der Waals surface area contributed by atoms with Gasteiger partial charge in [-0.15, -0.1) is 0 Å². The average molecular weight is 336 g/mol. The highest BCUT2D eigenvalue weighted by atomic mass is 16.6. The van der Waals surface area contributed by atoms with Gasteiger partial charge in [0.05, 0.1) is 27.2 Å². The van der Waals surface area contributed by atoms with Gasteiger partial charge in [0.15, 0.2) is 0 Å². The Morgan fingerprint density at radius 3 is 2.32 bits per heavy atom. The Kier molecular flexibility index (Phi) is 4.98. The molecule has 0 amide bonds. The Balaban J connectivity index is 2.33. The van der Waals surface area contributed by atoms with E-state index in [2.05, 4.69) is 10.5 Å². The Morgan fingerprint density at radius 2 is 1.72 bits per heavy atom. The van der Waals surface area contributed by atoms with Crippen molar-refractivity contribution in [2.75, 3.05) is 5.43 Å². The van der Waals surface area contributed by atoms with Gasteiger partial charge in [0.2, 0.25) is 0 Å². The van der Waals surface area contributed by atoms with Crippen molar-refractivity contribution in [3.8, 4) is 12.1 Å². The zero-order valence-corrected chi connectivity index (χ0v) is 12.4. The number of anilines is 1. The summed E-state index contributed by atoms with van der Waals surface area (Å²) >= 11 is 0. The van der Waals surface area contributed by atoms with Crippen LogP contribution in [0.25, 0.3) is 0 Å². The second kappa shape index (κ2) is 7.30. The quantitative estimate of drug-likeness (QED) is 0.499. The van der Waals surface area contributed by atoms with Gasteiger partial charge in [0.1, 0.15) is 17.8 Å². The largest absolute Gasteiger partial charge is 0.295 e. The summed E-state index contributed by atoms with van der Waals surface area (Å²) in [6.45, 7) is 0. The number of hydrogen-bond acceptors (Lipinski definition) is 8. The van der Waals surface area contributed by atoms with Crippen molar-refractivity contribution in [2.45, 2.75) is 0 Å². The summed E-state index contributed by atoms with van der Waals surface area (Å²) in [4.78, 5) is 20.5. The molecule has 0 aliphatic heterocycles. The van der Waals surface area contributed by atoms with E-state index in [4.69, 9.17) is 10.5 Å². The monoisotopic (exact) mass is 336 g/mol. The lowest BCUT2D eigenvalue weighted by atomic mass is 10.1. The van der Waals surface area contributed by atoms with E-state index in [1.165, 1.54) is 24.4 Å². The molecule has 0 fully saturated rings. The van der Waals surface area contributed by atoms with Gasteiger partial charge in [-0.1, -0.05) is 12.1 Å². The summed E-state index contributed by atoms with van der Waals surface area (Å²) in [5.74, 6) is 0. The first-order valence-corrected chi connectivity index (χ1v) is 6.62. The fourth-order valence-electron chi connectivity index (χ4n) is 1.91. The molecule has 0 radical (unpaired) electrons. The Labute approximate surface area is 140 Å². The Hall–Kier alpha value is -4.31. The molecule has 0 unspecified atom stereocenters. The standard InChI is InChI=1S/C15H8N6O4/c16-7-11-5-14(15(21(24)25)6-12(11)8-17)19-18-9-10-2-1-3-13(4-10)20(22)23/h1-6,9,19H. The number of non-ortho nitro benzene ring substituents is 1. The van der Waals surface area contributed by atoms with Crippen LogP contribution in [0.1, 0.15) is 16.7 Å². The highest BCUT2D eigenvalue weighted by Gasteiger charge is 2.18. The fourth-order valence-corrected chi connectivity index (χ4v) is 1.91. The molecule has 0 aliphatic carbocycles. The van der Waals surface area contributed by atoms with Crippen LogP contribution in [0.5, 0.6) is 0 Å². The van der Waals surface area contributed by atoms with E-state index in [0.29, 0.717) is 5.56 Å². The average Bonchev–Trinajstić information content (AvgIpc) is 2.61. The third kappa shape index (κ3) is 3.91. The van der Waals surface area contributed by atoms with Crippen molar-refractivity contribution in [1.82, 2.24) is 0 Å². The zero-order valence-electron chi connectivity index (χ0n) is 12.4. The fraction of sp³-hybridized carbons (Fsp3) is 0. The number of nitro benzene ring substituents is 2. The van der Waals surface area contributed by atoms with E-state index >= 15 is 0 Å². The van der Waals surface area contributed by atoms with Gasteiger partial charge in [0, 0.05) is 23.8 Å². The normalized spacial score (nSPS) is 10.0. The molecule has 0 aromatic heterocycles. The van der Waals surface area contributed by atoms with Crippen LogP contribution < -0.4 is 5.43 Å². The van der Waals surface area contributed by atoms with Crippen LogP contribution in [0, 0.1) is 42.9 Å². The van der Waals surface area contributed by atoms with Crippen LogP contribution >= 0.6 is 0 Å².